The molecule has 1 heteroatoms. The van der Waals surface area contributed by atoms with Crippen LogP contribution in [0.1, 0.15) is 63.6 Å². The van der Waals surface area contributed by atoms with Gasteiger partial charge in [-0.1, -0.05) is 45.6 Å². The fourth-order valence-corrected chi connectivity index (χ4v) is 1.89. The van der Waals surface area contributed by atoms with Gasteiger partial charge in [0.1, 0.15) is 0 Å². The second-order valence-corrected chi connectivity index (χ2v) is 4.57. The zero-order valence-corrected chi connectivity index (χ0v) is 10.8. The van der Waals surface area contributed by atoms with Gasteiger partial charge in [-0.25, -0.2) is 0 Å². The Morgan fingerprint density at radius 3 is 2.12 bits per heavy atom. The fraction of sp³-hybridized carbons (Fsp3) is 0.667. The second-order valence-electron chi connectivity index (χ2n) is 4.57. The smallest absolute Gasteiger partial charge is 0.0403 e. The predicted octanol–water partition coefficient (Wildman–Crippen LogP) is 4.55. The minimum Gasteiger partial charge on any atom is -0.261 e. The number of hydrogen-bond donors (Lipinski definition) is 0. The molecule has 0 unspecified atom stereocenters. The van der Waals surface area contributed by atoms with Crippen LogP contribution in [0.5, 0.6) is 0 Å². The van der Waals surface area contributed by atoms with Crippen molar-refractivity contribution in [1.82, 2.24) is 4.98 Å². The van der Waals surface area contributed by atoms with Crippen molar-refractivity contribution in [2.24, 2.45) is 0 Å². The molecule has 0 aliphatic rings. The van der Waals surface area contributed by atoms with Crippen molar-refractivity contribution in [2.45, 2.75) is 65.2 Å². The van der Waals surface area contributed by atoms with E-state index in [1.165, 1.54) is 56.2 Å². The molecular formula is C15H25N. The van der Waals surface area contributed by atoms with Crippen LogP contribution in [0.3, 0.4) is 0 Å². The Morgan fingerprint density at radius 1 is 0.875 bits per heavy atom. The summed E-state index contributed by atoms with van der Waals surface area (Å²) in [6.45, 7) is 4.49. The molecule has 1 nitrogen and oxygen atoms in total. The summed E-state index contributed by atoms with van der Waals surface area (Å²) in [4.78, 5) is 4.53. The molecule has 0 amide bonds. The molecule has 90 valence electrons. The van der Waals surface area contributed by atoms with E-state index in [-0.39, 0.29) is 0 Å². The van der Waals surface area contributed by atoms with E-state index in [1.807, 2.05) is 0 Å². The van der Waals surface area contributed by atoms with Crippen LogP contribution in [0.4, 0.5) is 0 Å². The van der Waals surface area contributed by atoms with Gasteiger partial charge in [0.25, 0.3) is 0 Å². The van der Waals surface area contributed by atoms with Crippen molar-refractivity contribution in [3.63, 3.8) is 0 Å². The van der Waals surface area contributed by atoms with E-state index in [9.17, 15) is 0 Å². The Morgan fingerprint density at radius 2 is 1.56 bits per heavy atom. The number of nitrogens with zero attached hydrogens (tertiary/aromatic N) is 1. The lowest BCUT2D eigenvalue weighted by molar-refractivity contribution is 0.701. The van der Waals surface area contributed by atoms with E-state index < -0.39 is 0 Å². The summed E-state index contributed by atoms with van der Waals surface area (Å²) in [6, 6.07) is 4.46. The summed E-state index contributed by atoms with van der Waals surface area (Å²) in [5.74, 6) is 0. The number of hydrogen-bond acceptors (Lipinski definition) is 1. The van der Waals surface area contributed by atoms with Gasteiger partial charge in [0.2, 0.25) is 0 Å². The third-order valence-electron chi connectivity index (χ3n) is 2.99. The standard InChI is InChI=1S/C15H25N/c1-3-5-7-9-14-11-12-15(16-13-14)10-8-6-4-2/h11-13H,3-10H2,1-2H3. The highest BCUT2D eigenvalue weighted by atomic mass is 14.7. The maximum atomic E-state index is 4.53. The van der Waals surface area contributed by atoms with E-state index in [2.05, 4.69) is 37.2 Å². The van der Waals surface area contributed by atoms with Gasteiger partial charge < -0.3 is 0 Å². The molecule has 0 saturated heterocycles. The van der Waals surface area contributed by atoms with Crippen LogP contribution in [0.2, 0.25) is 0 Å². The summed E-state index contributed by atoms with van der Waals surface area (Å²) in [5, 5.41) is 0. The average Bonchev–Trinajstić information content (AvgIpc) is 2.32. The first-order valence-electron chi connectivity index (χ1n) is 6.80. The average molecular weight is 219 g/mol. The molecule has 1 rings (SSSR count). The van der Waals surface area contributed by atoms with Gasteiger partial charge in [-0.3, -0.25) is 4.98 Å². The molecule has 1 aromatic heterocycles. The van der Waals surface area contributed by atoms with Gasteiger partial charge in [0.15, 0.2) is 0 Å². The van der Waals surface area contributed by atoms with Crippen LogP contribution in [0.15, 0.2) is 18.3 Å². The number of aryl methyl sites for hydroxylation is 2. The Bertz CT molecular complexity index is 234. The van der Waals surface area contributed by atoms with Crippen molar-refractivity contribution in [2.75, 3.05) is 0 Å². The summed E-state index contributed by atoms with van der Waals surface area (Å²) < 4.78 is 0. The quantitative estimate of drug-likeness (QED) is 0.585. The minimum absolute atomic E-state index is 1.14. The first-order chi connectivity index (χ1) is 7.86. The summed E-state index contributed by atoms with van der Waals surface area (Å²) >= 11 is 0. The molecular weight excluding hydrogens is 194 g/mol. The Hall–Kier alpha value is -0.850. The first-order valence-corrected chi connectivity index (χ1v) is 6.80. The molecule has 0 bridgehead atoms. The molecule has 16 heavy (non-hydrogen) atoms. The van der Waals surface area contributed by atoms with Crippen LogP contribution in [-0.4, -0.2) is 4.98 Å². The molecule has 0 aromatic carbocycles. The summed E-state index contributed by atoms with van der Waals surface area (Å²) in [5.41, 5.74) is 2.65. The zero-order chi connectivity index (χ0) is 11.6. The highest BCUT2D eigenvalue weighted by molar-refractivity contribution is 5.14. The number of pyridine rings is 1. The fourth-order valence-electron chi connectivity index (χ4n) is 1.89. The Labute approximate surface area is 100 Å². The maximum absolute atomic E-state index is 4.53. The first kappa shape index (κ1) is 13.2. The maximum Gasteiger partial charge on any atom is 0.0403 e. The van der Waals surface area contributed by atoms with E-state index in [0.717, 1.165) is 6.42 Å². The number of rotatable bonds is 8. The van der Waals surface area contributed by atoms with Crippen molar-refractivity contribution < 1.29 is 0 Å². The Balaban J connectivity index is 2.30. The molecule has 0 saturated carbocycles. The van der Waals surface area contributed by atoms with Crippen molar-refractivity contribution in [1.29, 1.82) is 0 Å². The van der Waals surface area contributed by atoms with Gasteiger partial charge in [0.05, 0.1) is 0 Å². The van der Waals surface area contributed by atoms with Crippen molar-refractivity contribution >= 4 is 0 Å². The molecule has 0 atom stereocenters. The normalized spacial score (nSPS) is 10.6. The van der Waals surface area contributed by atoms with Gasteiger partial charge in [0, 0.05) is 11.9 Å². The van der Waals surface area contributed by atoms with E-state index >= 15 is 0 Å². The third-order valence-corrected chi connectivity index (χ3v) is 2.99. The molecule has 1 heterocycles. The highest BCUT2D eigenvalue weighted by Gasteiger charge is 1.96. The van der Waals surface area contributed by atoms with E-state index in [4.69, 9.17) is 0 Å². The van der Waals surface area contributed by atoms with Crippen LogP contribution < -0.4 is 0 Å². The summed E-state index contributed by atoms with van der Waals surface area (Å²) in [7, 11) is 0. The monoisotopic (exact) mass is 219 g/mol. The molecule has 0 spiro atoms. The largest absolute Gasteiger partial charge is 0.261 e. The SMILES string of the molecule is CCCCCc1ccc(CCCCC)nc1. The second kappa shape index (κ2) is 8.32. The van der Waals surface area contributed by atoms with Crippen LogP contribution in [-0.2, 0) is 12.8 Å². The van der Waals surface area contributed by atoms with Gasteiger partial charge in [-0.05, 0) is 37.3 Å². The lowest BCUT2D eigenvalue weighted by Crippen LogP contribution is -1.93. The van der Waals surface area contributed by atoms with Gasteiger partial charge >= 0.3 is 0 Å². The lowest BCUT2D eigenvalue weighted by atomic mass is 10.1. The topological polar surface area (TPSA) is 12.9 Å². The van der Waals surface area contributed by atoms with Gasteiger partial charge in [-0.15, -0.1) is 0 Å². The van der Waals surface area contributed by atoms with Crippen molar-refractivity contribution in [3.8, 4) is 0 Å². The van der Waals surface area contributed by atoms with Crippen LogP contribution in [0, 0.1) is 0 Å². The highest BCUT2D eigenvalue weighted by Crippen LogP contribution is 2.08. The number of aromatic nitrogens is 1. The molecule has 0 fully saturated rings. The van der Waals surface area contributed by atoms with E-state index in [1.54, 1.807) is 0 Å². The molecule has 0 radical (unpaired) electrons. The zero-order valence-electron chi connectivity index (χ0n) is 10.8. The number of unbranched alkanes of at least 4 members (excludes halogenated alkanes) is 4. The lowest BCUT2D eigenvalue weighted by Gasteiger charge is -2.03. The van der Waals surface area contributed by atoms with Crippen molar-refractivity contribution in [3.05, 3.63) is 29.6 Å². The molecule has 0 aliphatic heterocycles. The van der Waals surface area contributed by atoms with Crippen LogP contribution >= 0.6 is 0 Å². The molecule has 1 aromatic rings. The summed E-state index contributed by atoms with van der Waals surface area (Å²) in [6.07, 6.45) is 12.2. The van der Waals surface area contributed by atoms with E-state index in [0.29, 0.717) is 0 Å². The molecule has 0 aliphatic carbocycles. The predicted molar refractivity (Wildman–Crippen MR) is 70.7 cm³/mol. The third kappa shape index (κ3) is 5.29. The minimum atomic E-state index is 1.14. The Kier molecular flexibility index (Phi) is 6.87. The van der Waals surface area contributed by atoms with Gasteiger partial charge in [-0.2, -0.15) is 0 Å². The van der Waals surface area contributed by atoms with Crippen LogP contribution in [0.25, 0.3) is 0 Å². The molecule has 0 N–H and O–H groups in total.